The molecular formula is C15H23N3O2S. The van der Waals surface area contributed by atoms with E-state index in [2.05, 4.69) is 10.3 Å². The number of rotatable bonds is 2. The van der Waals surface area contributed by atoms with Gasteiger partial charge in [0, 0.05) is 18.2 Å². The van der Waals surface area contributed by atoms with Gasteiger partial charge < -0.3 is 10.2 Å². The smallest absolute Gasteiger partial charge is 0.248 e. The van der Waals surface area contributed by atoms with Crippen molar-refractivity contribution in [3.8, 4) is 0 Å². The van der Waals surface area contributed by atoms with E-state index in [1.807, 2.05) is 4.90 Å². The van der Waals surface area contributed by atoms with Crippen LogP contribution in [0.5, 0.6) is 0 Å². The van der Waals surface area contributed by atoms with Crippen LogP contribution in [0.4, 0.5) is 0 Å². The second kappa shape index (κ2) is 6.81. The number of amides is 2. The van der Waals surface area contributed by atoms with Gasteiger partial charge in [-0.25, -0.2) is 0 Å². The molecule has 0 aromatic carbocycles. The van der Waals surface area contributed by atoms with Crippen LogP contribution in [-0.4, -0.2) is 46.8 Å². The molecule has 1 unspecified atom stereocenters. The van der Waals surface area contributed by atoms with Crippen LogP contribution in [0, 0.1) is 5.92 Å². The van der Waals surface area contributed by atoms with E-state index in [4.69, 9.17) is 0 Å². The molecule has 0 aromatic rings. The number of carbonyl (C=O) groups is 2. The Balaban J connectivity index is 1.61. The van der Waals surface area contributed by atoms with Gasteiger partial charge in [-0.2, -0.15) is 0 Å². The van der Waals surface area contributed by atoms with Crippen LogP contribution in [0.1, 0.15) is 44.9 Å². The maximum absolute atomic E-state index is 12.7. The van der Waals surface area contributed by atoms with E-state index in [0.29, 0.717) is 0 Å². The highest BCUT2D eigenvalue weighted by atomic mass is 32.2. The van der Waals surface area contributed by atoms with Gasteiger partial charge in [-0.05, 0) is 25.7 Å². The van der Waals surface area contributed by atoms with Crippen molar-refractivity contribution in [2.45, 2.75) is 51.0 Å². The molecule has 2 heterocycles. The maximum atomic E-state index is 12.7. The van der Waals surface area contributed by atoms with Gasteiger partial charge >= 0.3 is 0 Å². The topological polar surface area (TPSA) is 61.8 Å². The zero-order valence-electron chi connectivity index (χ0n) is 12.3. The average molecular weight is 309 g/mol. The molecule has 2 amide bonds. The summed E-state index contributed by atoms with van der Waals surface area (Å²) in [7, 11) is 0. The monoisotopic (exact) mass is 309 g/mol. The third kappa shape index (κ3) is 3.42. The lowest BCUT2D eigenvalue weighted by Gasteiger charge is -2.29. The number of amidine groups is 1. The Hall–Kier alpha value is -1.04. The maximum Gasteiger partial charge on any atom is 0.248 e. The van der Waals surface area contributed by atoms with Crippen LogP contribution in [0.15, 0.2) is 4.99 Å². The van der Waals surface area contributed by atoms with Gasteiger partial charge in [0.2, 0.25) is 11.8 Å². The first-order chi connectivity index (χ1) is 10.3. The normalized spacial score (nSPS) is 26.8. The minimum absolute atomic E-state index is 0.0511. The highest BCUT2D eigenvalue weighted by Gasteiger charge is 2.37. The summed E-state index contributed by atoms with van der Waals surface area (Å²) in [4.78, 5) is 31.1. The van der Waals surface area contributed by atoms with Crippen molar-refractivity contribution in [1.29, 1.82) is 0 Å². The lowest BCUT2D eigenvalue weighted by molar-refractivity contribution is -0.142. The summed E-state index contributed by atoms with van der Waals surface area (Å²) in [6.07, 6.45) is 7.23. The number of thioether (sulfide) groups is 1. The van der Waals surface area contributed by atoms with E-state index in [9.17, 15) is 9.59 Å². The molecule has 21 heavy (non-hydrogen) atoms. The van der Waals surface area contributed by atoms with Crippen molar-refractivity contribution in [2.75, 3.05) is 18.8 Å². The Morgan fingerprint density at radius 3 is 2.67 bits per heavy atom. The standard InChI is InChI=1S/C15H23N3O2S/c19-13(17-15-16-8-10-21-15)12-7-4-9-18(12)14(20)11-5-2-1-3-6-11/h11-12H,1-10H2,(H,16,17,19). The summed E-state index contributed by atoms with van der Waals surface area (Å²) >= 11 is 1.58. The zero-order valence-corrected chi connectivity index (χ0v) is 13.2. The summed E-state index contributed by atoms with van der Waals surface area (Å²) in [5.41, 5.74) is 0. The van der Waals surface area contributed by atoms with Crippen LogP contribution >= 0.6 is 11.8 Å². The van der Waals surface area contributed by atoms with E-state index in [1.165, 1.54) is 6.42 Å². The number of nitrogens with one attached hydrogen (secondary N) is 1. The highest BCUT2D eigenvalue weighted by molar-refractivity contribution is 8.14. The molecule has 2 fully saturated rings. The number of likely N-dealkylation sites (tertiary alicyclic amines) is 1. The predicted octanol–water partition coefficient (Wildman–Crippen LogP) is 1.78. The Morgan fingerprint density at radius 1 is 1.14 bits per heavy atom. The Bertz CT molecular complexity index is 446. The summed E-state index contributed by atoms with van der Waals surface area (Å²) in [6.45, 7) is 1.50. The molecule has 2 aliphatic heterocycles. The van der Waals surface area contributed by atoms with Gasteiger partial charge in [-0.15, -0.1) is 0 Å². The summed E-state index contributed by atoms with van der Waals surface area (Å²) < 4.78 is 0. The fourth-order valence-electron chi connectivity index (χ4n) is 3.49. The molecule has 5 nitrogen and oxygen atoms in total. The van der Waals surface area contributed by atoms with E-state index in [1.54, 1.807) is 11.8 Å². The number of nitrogens with zero attached hydrogens (tertiary/aromatic N) is 2. The first-order valence-electron chi connectivity index (χ1n) is 8.04. The number of hydrogen-bond donors (Lipinski definition) is 1. The molecule has 0 bridgehead atoms. The van der Waals surface area contributed by atoms with Gasteiger partial charge in [-0.1, -0.05) is 31.0 Å². The second-order valence-corrected chi connectivity index (χ2v) is 7.13. The summed E-state index contributed by atoms with van der Waals surface area (Å²) in [5, 5.41) is 3.61. The lowest BCUT2D eigenvalue weighted by Crippen LogP contribution is -2.48. The SMILES string of the molecule is O=C(NC1=NCCS1)C1CCCN1C(=O)C1CCCCC1. The fraction of sp³-hybridized carbons (Fsp3) is 0.800. The zero-order chi connectivity index (χ0) is 14.7. The number of aliphatic imine (C=N–C) groups is 1. The Labute approximate surface area is 129 Å². The van der Waals surface area contributed by atoms with Gasteiger partial charge in [-0.3, -0.25) is 14.6 Å². The lowest BCUT2D eigenvalue weighted by atomic mass is 9.88. The van der Waals surface area contributed by atoms with Crippen molar-refractivity contribution < 1.29 is 9.59 Å². The van der Waals surface area contributed by atoms with Gasteiger partial charge in [0.1, 0.15) is 6.04 Å². The number of carbonyl (C=O) groups excluding carboxylic acids is 2. The van der Waals surface area contributed by atoms with Crippen molar-refractivity contribution in [3.05, 3.63) is 0 Å². The van der Waals surface area contributed by atoms with Crippen LogP contribution in [-0.2, 0) is 9.59 Å². The van der Waals surface area contributed by atoms with Crippen LogP contribution in [0.25, 0.3) is 0 Å². The molecule has 3 rings (SSSR count). The van der Waals surface area contributed by atoms with Gasteiger partial charge in [0.15, 0.2) is 5.17 Å². The average Bonchev–Trinajstić information content (AvgIpc) is 3.18. The molecule has 116 valence electrons. The second-order valence-electron chi connectivity index (χ2n) is 6.05. The van der Waals surface area contributed by atoms with Crippen LogP contribution < -0.4 is 5.32 Å². The predicted molar refractivity (Wildman–Crippen MR) is 84.2 cm³/mol. The molecule has 1 atom stereocenters. The molecular weight excluding hydrogens is 286 g/mol. The largest absolute Gasteiger partial charge is 0.330 e. The molecule has 1 saturated carbocycles. The minimum atomic E-state index is -0.289. The molecule has 0 spiro atoms. The van der Waals surface area contributed by atoms with Crippen molar-refractivity contribution in [2.24, 2.45) is 10.9 Å². The highest BCUT2D eigenvalue weighted by Crippen LogP contribution is 2.29. The third-order valence-corrected chi connectivity index (χ3v) is 5.50. The summed E-state index contributed by atoms with van der Waals surface area (Å²) in [6, 6.07) is -0.289. The molecule has 1 N–H and O–H groups in total. The number of hydrogen-bond acceptors (Lipinski definition) is 4. The molecule has 3 aliphatic rings. The third-order valence-electron chi connectivity index (χ3n) is 4.61. The molecule has 6 heteroatoms. The molecule has 0 radical (unpaired) electrons. The first kappa shape index (κ1) is 14.9. The van der Waals surface area contributed by atoms with E-state index < -0.39 is 0 Å². The van der Waals surface area contributed by atoms with Crippen molar-refractivity contribution >= 4 is 28.7 Å². The van der Waals surface area contributed by atoms with E-state index in [0.717, 1.165) is 62.5 Å². The quantitative estimate of drug-likeness (QED) is 0.846. The fourth-order valence-corrected chi connectivity index (χ4v) is 4.22. The molecule has 1 saturated heterocycles. The van der Waals surface area contributed by atoms with Crippen LogP contribution in [0.2, 0.25) is 0 Å². The van der Waals surface area contributed by atoms with Crippen LogP contribution in [0.3, 0.4) is 0 Å². The van der Waals surface area contributed by atoms with Crippen molar-refractivity contribution in [3.63, 3.8) is 0 Å². The molecule has 0 aromatic heterocycles. The van der Waals surface area contributed by atoms with E-state index >= 15 is 0 Å². The molecule has 1 aliphatic carbocycles. The Kier molecular flexibility index (Phi) is 4.83. The first-order valence-corrected chi connectivity index (χ1v) is 9.03. The van der Waals surface area contributed by atoms with E-state index in [-0.39, 0.29) is 23.8 Å². The van der Waals surface area contributed by atoms with Crippen molar-refractivity contribution in [1.82, 2.24) is 10.2 Å². The Morgan fingerprint density at radius 2 is 1.95 bits per heavy atom. The van der Waals surface area contributed by atoms with Gasteiger partial charge in [0.25, 0.3) is 0 Å². The van der Waals surface area contributed by atoms with Gasteiger partial charge in [0.05, 0.1) is 6.54 Å². The minimum Gasteiger partial charge on any atom is -0.330 e. The summed E-state index contributed by atoms with van der Waals surface area (Å²) in [5.74, 6) is 1.23.